The molecule has 0 spiro atoms. The minimum absolute atomic E-state index is 0.156. The number of nitrogens with one attached hydrogen (secondary N) is 1. The predicted molar refractivity (Wildman–Crippen MR) is 73.8 cm³/mol. The molecule has 1 N–H and O–H groups in total. The van der Waals surface area contributed by atoms with Crippen molar-refractivity contribution in [1.82, 2.24) is 5.32 Å². The van der Waals surface area contributed by atoms with Crippen molar-refractivity contribution in [3.8, 4) is 11.8 Å². The molecule has 0 saturated heterocycles. The lowest BCUT2D eigenvalue weighted by molar-refractivity contribution is 0.0979. The van der Waals surface area contributed by atoms with Crippen molar-refractivity contribution in [2.24, 2.45) is 0 Å². The zero-order valence-electron chi connectivity index (χ0n) is 10.4. The Kier molecular flexibility index (Phi) is 3.94. The van der Waals surface area contributed by atoms with Gasteiger partial charge in [0.1, 0.15) is 0 Å². The monoisotopic (exact) mass is 251 g/mol. The third-order valence-electron chi connectivity index (χ3n) is 2.70. The molecule has 19 heavy (non-hydrogen) atoms. The fourth-order valence-corrected chi connectivity index (χ4v) is 1.79. The number of Topliss-reactive ketones (excluding diaryl/α,β-unsaturated/α-hetero) is 1. The van der Waals surface area contributed by atoms with E-state index in [-0.39, 0.29) is 11.6 Å². The molecule has 1 aromatic carbocycles. The molecule has 1 aromatic rings. The predicted octanol–water partition coefficient (Wildman–Crippen LogP) is 2.12. The molecule has 94 valence electrons. The lowest BCUT2D eigenvalue weighted by Crippen LogP contribution is -2.27. The molecule has 0 saturated carbocycles. The Labute approximate surface area is 112 Å². The SMILES string of the molecule is C=CCC#CCNC1=CC(=O)c2ccccc2C1=O. The van der Waals surface area contributed by atoms with Crippen LogP contribution in [0.5, 0.6) is 0 Å². The molecule has 0 atom stereocenters. The molecular weight excluding hydrogens is 238 g/mol. The van der Waals surface area contributed by atoms with Crippen LogP contribution in [0.15, 0.2) is 48.7 Å². The Balaban J connectivity index is 2.13. The standard InChI is InChI=1S/C16H13NO2/c1-2-3-4-7-10-17-14-11-15(18)12-8-5-6-9-13(12)16(14)19/h2,5-6,8-9,11,17H,1,3,10H2. The lowest BCUT2D eigenvalue weighted by atomic mass is 9.93. The number of carbonyl (C=O) groups excluding carboxylic acids is 2. The van der Waals surface area contributed by atoms with E-state index in [9.17, 15) is 9.59 Å². The van der Waals surface area contributed by atoms with Gasteiger partial charge in [-0.15, -0.1) is 6.58 Å². The molecule has 1 aliphatic carbocycles. The van der Waals surface area contributed by atoms with E-state index in [2.05, 4.69) is 23.7 Å². The third-order valence-corrected chi connectivity index (χ3v) is 2.70. The number of fused-ring (bicyclic) bond motifs is 1. The summed E-state index contributed by atoms with van der Waals surface area (Å²) in [5.41, 5.74) is 1.20. The van der Waals surface area contributed by atoms with Crippen molar-refractivity contribution >= 4 is 11.6 Å². The minimum Gasteiger partial charge on any atom is -0.371 e. The molecule has 0 amide bonds. The van der Waals surface area contributed by atoms with E-state index < -0.39 is 0 Å². The lowest BCUT2D eigenvalue weighted by Gasteiger charge is -2.14. The van der Waals surface area contributed by atoms with E-state index in [1.54, 1.807) is 30.3 Å². The van der Waals surface area contributed by atoms with Crippen molar-refractivity contribution in [3.63, 3.8) is 0 Å². The van der Waals surface area contributed by atoms with Crippen LogP contribution >= 0.6 is 0 Å². The normalized spacial score (nSPS) is 12.9. The molecule has 0 aromatic heterocycles. The maximum absolute atomic E-state index is 12.1. The molecule has 3 nitrogen and oxygen atoms in total. The van der Waals surface area contributed by atoms with Crippen molar-refractivity contribution < 1.29 is 9.59 Å². The van der Waals surface area contributed by atoms with Crippen molar-refractivity contribution in [2.45, 2.75) is 6.42 Å². The van der Waals surface area contributed by atoms with Crippen molar-refractivity contribution in [3.05, 3.63) is 59.8 Å². The van der Waals surface area contributed by atoms with E-state index in [1.807, 2.05) is 0 Å². The van der Waals surface area contributed by atoms with E-state index in [1.165, 1.54) is 6.08 Å². The summed E-state index contributed by atoms with van der Waals surface area (Å²) in [7, 11) is 0. The van der Waals surface area contributed by atoms with Gasteiger partial charge >= 0.3 is 0 Å². The Morgan fingerprint density at radius 1 is 1.16 bits per heavy atom. The molecular formula is C16H13NO2. The first-order chi connectivity index (χ1) is 9.24. The van der Waals surface area contributed by atoms with Gasteiger partial charge in [0.05, 0.1) is 12.2 Å². The fourth-order valence-electron chi connectivity index (χ4n) is 1.79. The van der Waals surface area contributed by atoms with Crippen molar-refractivity contribution in [1.29, 1.82) is 0 Å². The summed E-state index contributed by atoms with van der Waals surface area (Å²) in [5.74, 6) is 5.40. The van der Waals surface area contributed by atoms with Gasteiger partial charge in [0, 0.05) is 23.6 Å². The number of carbonyl (C=O) groups is 2. The fraction of sp³-hybridized carbons (Fsp3) is 0.125. The molecule has 0 radical (unpaired) electrons. The molecule has 3 heteroatoms. The maximum atomic E-state index is 12.1. The van der Waals surface area contributed by atoms with Crippen molar-refractivity contribution in [2.75, 3.05) is 6.54 Å². The van der Waals surface area contributed by atoms with Crippen LogP contribution in [-0.4, -0.2) is 18.1 Å². The molecule has 0 fully saturated rings. The Morgan fingerprint density at radius 2 is 1.89 bits per heavy atom. The van der Waals surface area contributed by atoms with Crippen LogP contribution in [-0.2, 0) is 0 Å². The molecule has 0 aliphatic heterocycles. The second-order valence-corrected chi connectivity index (χ2v) is 4.00. The summed E-state index contributed by atoms with van der Waals surface area (Å²) in [4.78, 5) is 24.0. The smallest absolute Gasteiger partial charge is 0.209 e. The van der Waals surface area contributed by atoms with E-state index in [0.29, 0.717) is 29.8 Å². The second kappa shape index (κ2) is 5.83. The van der Waals surface area contributed by atoms with Gasteiger partial charge < -0.3 is 5.32 Å². The minimum atomic E-state index is -0.166. The van der Waals surface area contributed by atoms with Crippen LogP contribution in [0.25, 0.3) is 0 Å². The number of benzene rings is 1. The summed E-state index contributed by atoms with van der Waals surface area (Å²) in [5, 5.41) is 2.88. The first kappa shape index (κ1) is 12.8. The van der Waals surface area contributed by atoms with E-state index in [4.69, 9.17) is 0 Å². The molecule has 1 aliphatic rings. The highest BCUT2D eigenvalue weighted by Crippen LogP contribution is 2.19. The van der Waals surface area contributed by atoms with Crippen LogP contribution in [0.3, 0.4) is 0 Å². The highest BCUT2D eigenvalue weighted by molar-refractivity contribution is 6.24. The topological polar surface area (TPSA) is 46.2 Å². The summed E-state index contributed by atoms with van der Waals surface area (Å²) in [6.07, 6.45) is 3.65. The van der Waals surface area contributed by atoms with Gasteiger partial charge in [0.25, 0.3) is 0 Å². The Morgan fingerprint density at radius 3 is 2.63 bits per heavy atom. The molecule has 0 unspecified atom stereocenters. The summed E-state index contributed by atoms with van der Waals surface area (Å²) >= 11 is 0. The van der Waals surface area contributed by atoms with Crippen LogP contribution in [0, 0.1) is 11.8 Å². The maximum Gasteiger partial charge on any atom is 0.209 e. The van der Waals surface area contributed by atoms with Gasteiger partial charge in [-0.2, -0.15) is 0 Å². The largest absolute Gasteiger partial charge is 0.371 e. The van der Waals surface area contributed by atoms with Gasteiger partial charge in [0.15, 0.2) is 5.78 Å². The number of hydrogen-bond acceptors (Lipinski definition) is 3. The average molecular weight is 251 g/mol. The van der Waals surface area contributed by atoms with Crippen LogP contribution in [0.4, 0.5) is 0 Å². The number of rotatable bonds is 3. The Hall–Kier alpha value is -2.60. The Bertz CT molecular complexity index is 630. The zero-order valence-corrected chi connectivity index (χ0v) is 10.4. The second-order valence-electron chi connectivity index (χ2n) is 4.00. The van der Waals surface area contributed by atoms with Gasteiger partial charge in [0.2, 0.25) is 5.78 Å². The van der Waals surface area contributed by atoms with Gasteiger partial charge in [-0.25, -0.2) is 0 Å². The van der Waals surface area contributed by atoms with E-state index in [0.717, 1.165) is 0 Å². The highest BCUT2D eigenvalue weighted by atomic mass is 16.1. The first-order valence-electron chi connectivity index (χ1n) is 5.94. The van der Waals surface area contributed by atoms with Crippen LogP contribution < -0.4 is 5.32 Å². The zero-order chi connectivity index (χ0) is 13.7. The quantitative estimate of drug-likeness (QED) is 0.661. The molecule has 0 heterocycles. The molecule has 2 rings (SSSR count). The van der Waals surface area contributed by atoms with E-state index >= 15 is 0 Å². The average Bonchev–Trinajstić information content (AvgIpc) is 2.44. The number of ketones is 2. The molecule has 0 bridgehead atoms. The third kappa shape index (κ3) is 2.80. The van der Waals surface area contributed by atoms with Crippen LogP contribution in [0.2, 0.25) is 0 Å². The van der Waals surface area contributed by atoms with Gasteiger partial charge in [-0.1, -0.05) is 42.2 Å². The van der Waals surface area contributed by atoms with Crippen LogP contribution in [0.1, 0.15) is 27.1 Å². The summed E-state index contributed by atoms with van der Waals surface area (Å²) in [6.45, 7) is 3.90. The number of hydrogen-bond donors (Lipinski definition) is 1. The summed E-state index contributed by atoms with van der Waals surface area (Å²) in [6, 6.07) is 6.81. The first-order valence-corrected chi connectivity index (χ1v) is 5.94. The van der Waals surface area contributed by atoms with Gasteiger partial charge in [-0.3, -0.25) is 9.59 Å². The highest BCUT2D eigenvalue weighted by Gasteiger charge is 2.24. The number of allylic oxidation sites excluding steroid dienone is 3. The summed E-state index contributed by atoms with van der Waals surface area (Å²) < 4.78 is 0. The van der Waals surface area contributed by atoms with Gasteiger partial charge in [-0.05, 0) is 0 Å².